The smallest absolute Gasteiger partial charge is 0.0243 e. The molecule has 108 valence electrons. The van der Waals surface area contributed by atoms with Gasteiger partial charge in [-0.2, -0.15) is 0 Å². The second-order valence-electron chi connectivity index (χ2n) is 7.23. The minimum absolute atomic E-state index is 0.343. The van der Waals surface area contributed by atoms with E-state index >= 15 is 0 Å². The van der Waals surface area contributed by atoms with E-state index in [0.29, 0.717) is 11.5 Å². The molecule has 18 heavy (non-hydrogen) atoms. The third kappa shape index (κ3) is 4.55. The average molecular weight is 254 g/mol. The van der Waals surface area contributed by atoms with Crippen molar-refractivity contribution in [1.29, 1.82) is 0 Å². The first-order valence-electron chi connectivity index (χ1n) is 7.83. The Kier molecular flexibility index (Phi) is 6.13. The Balaban J connectivity index is 2.59. The molecule has 0 aromatic rings. The van der Waals surface area contributed by atoms with Crippen molar-refractivity contribution in [3.8, 4) is 0 Å². The third-order valence-electron chi connectivity index (χ3n) is 4.61. The normalized spacial score (nSPS) is 28.3. The van der Waals surface area contributed by atoms with Crippen LogP contribution in [0.1, 0.15) is 60.8 Å². The topological polar surface area (TPSA) is 15.3 Å². The van der Waals surface area contributed by atoms with Crippen LogP contribution in [0.25, 0.3) is 0 Å². The van der Waals surface area contributed by atoms with Gasteiger partial charge in [-0.3, -0.25) is 4.90 Å². The van der Waals surface area contributed by atoms with Gasteiger partial charge in [0.2, 0.25) is 0 Å². The summed E-state index contributed by atoms with van der Waals surface area (Å²) in [5, 5.41) is 3.75. The first-order valence-corrected chi connectivity index (χ1v) is 7.83. The molecule has 1 saturated heterocycles. The Morgan fingerprint density at radius 2 is 1.94 bits per heavy atom. The number of likely N-dealkylation sites (tertiary alicyclic amines) is 1. The van der Waals surface area contributed by atoms with Crippen LogP contribution >= 0.6 is 0 Å². The molecule has 0 aromatic carbocycles. The van der Waals surface area contributed by atoms with Crippen LogP contribution in [0, 0.1) is 11.3 Å². The number of rotatable bonds is 5. The van der Waals surface area contributed by atoms with Gasteiger partial charge in [0, 0.05) is 18.6 Å². The maximum Gasteiger partial charge on any atom is 0.0243 e. The van der Waals surface area contributed by atoms with E-state index in [0.717, 1.165) is 18.5 Å². The van der Waals surface area contributed by atoms with Gasteiger partial charge in [0.15, 0.2) is 0 Å². The van der Waals surface area contributed by atoms with Gasteiger partial charge in [-0.25, -0.2) is 0 Å². The molecule has 1 N–H and O–H groups in total. The van der Waals surface area contributed by atoms with Crippen molar-refractivity contribution in [3.63, 3.8) is 0 Å². The molecule has 0 bridgehead atoms. The van der Waals surface area contributed by atoms with Gasteiger partial charge in [0.05, 0.1) is 0 Å². The highest BCUT2D eigenvalue weighted by molar-refractivity contribution is 4.87. The number of piperidine rings is 1. The van der Waals surface area contributed by atoms with Crippen molar-refractivity contribution in [2.45, 2.75) is 72.9 Å². The minimum atomic E-state index is 0.343. The van der Waals surface area contributed by atoms with Crippen LogP contribution in [0.2, 0.25) is 0 Å². The molecule has 2 heteroatoms. The molecule has 3 unspecified atom stereocenters. The number of hydrogen-bond acceptors (Lipinski definition) is 2. The molecule has 0 aliphatic carbocycles. The monoisotopic (exact) mass is 254 g/mol. The number of nitrogens with zero attached hydrogens (tertiary/aromatic N) is 1. The van der Waals surface area contributed by atoms with E-state index in [1.807, 2.05) is 0 Å². The molecule has 0 radical (unpaired) electrons. The lowest BCUT2D eigenvalue weighted by atomic mass is 9.84. The maximum absolute atomic E-state index is 3.75. The fraction of sp³-hybridized carbons (Fsp3) is 1.00. The van der Waals surface area contributed by atoms with Gasteiger partial charge in [-0.15, -0.1) is 0 Å². The van der Waals surface area contributed by atoms with E-state index < -0.39 is 0 Å². The summed E-state index contributed by atoms with van der Waals surface area (Å²) < 4.78 is 0. The van der Waals surface area contributed by atoms with E-state index in [4.69, 9.17) is 0 Å². The van der Waals surface area contributed by atoms with Crippen LogP contribution in [0.5, 0.6) is 0 Å². The Morgan fingerprint density at radius 3 is 2.50 bits per heavy atom. The molecule has 1 rings (SSSR count). The third-order valence-corrected chi connectivity index (χ3v) is 4.61. The largest absolute Gasteiger partial charge is 0.312 e. The lowest BCUT2D eigenvalue weighted by Crippen LogP contribution is -2.53. The van der Waals surface area contributed by atoms with Crippen LogP contribution in [0.4, 0.5) is 0 Å². The van der Waals surface area contributed by atoms with Gasteiger partial charge in [-0.05, 0) is 50.6 Å². The van der Waals surface area contributed by atoms with Crippen molar-refractivity contribution in [2.24, 2.45) is 11.3 Å². The zero-order valence-corrected chi connectivity index (χ0v) is 13.4. The van der Waals surface area contributed by atoms with Gasteiger partial charge in [0.1, 0.15) is 0 Å². The molecule has 1 aliphatic heterocycles. The average Bonchev–Trinajstić information content (AvgIpc) is 2.28. The number of nitrogens with one attached hydrogen (secondary N) is 1. The van der Waals surface area contributed by atoms with Crippen LogP contribution in [-0.2, 0) is 0 Å². The predicted octanol–water partition coefficient (Wildman–Crippen LogP) is 3.52. The van der Waals surface area contributed by atoms with Crippen molar-refractivity contribution in [3.05, 3.63) is 0 Å². The minimum Gasteiger partial charge on any atom is -0.312 e. The second-order valence-corrected chi connectivity index (χ2v) is 7.23. The van der Waals surface area contributed by atoms with Crippen LogP contribution in [-0.4, -0.2) is 36.6 Å². The van der Waals surface area contributed by atoms with Gasteiger partial charge < -0.3 is 5.32 Å². The Bertz CT molecular complexity index is 232. The zero-order chi connectivity index (χ0) is 13.8. The number of hydrogen-bond donors (Lipinski definition) is 1. The van der Waals surface area contributed by atoms with Gasteiger partial charge in [0.25, 0.3) is 0 Å². The predicted molar refractivity (Wildman–Crippen MR) is 81.0 cm³/mol. The first kappa shape index (κ1) is 16.0. The van der Waals surface area contributed by atoms with E-state index in [1.54, 1.807) is 0 Å². The summed E-state index contributed by atoms with van der Waals surface area (Å²) in [7, 11) is 0. The van der Waals surface area contributed by atoms with Crippen molar-refractivity contribution in [2.75, 3.05) is 19.6 Å². The molecule has 0 amide bonds. The van der Waals surface area contributed by atoms with E-state index in [-0.39, 0.29) is 0 Å². The highest BCUT2D eigenvalue weighted by atomic mass is 15.2. The fourth-order valence-corrected chi connectivity index (χ4v) is 2.88. The molecule has 3 atom stereocenters. The van der Waals surface area contributed by atoms with Crippen molar-refractivity contribution >= 4 is 0 Å². The molecule has 1 fully saturated rings. The second kappa shape index (κ2) is 6.91. The summed E-state index contributed by atoms with van der Waals surface area (Å²) in [5.74, 6) is 0.852. The summed E-state index contributed by atoms with van der Waals surface area (Å²) in [5.41, 5.74) is 0.343. The summed E-state index contributed by atoms with van der Waals surface area (Å²) in [6.07, 6.45) is 3.99. The molecule has 2 nitrogen and oxygen atoms in total. The Morgan fingerprint density at radius 1 is 1.28 bits per heavy atom. The van der Waals surface area contributed by atoms with E-state index in [2.05, 4.69) is 51.8 Å². The van der Waals surface area contributed by atoms with Crippen LogP contribution in [0.15, 0.2) is 0 Å². The molecular formula is C16H34N2. The Hall–Kier alpha value is -0.0800. The molecule has 0 spiro atoms. The fourth-order valence-electron chi connectivity index (χ4n) is 2.88. The van der Waals surface area contributed by atoms with Crippen molar-refractivity contribution in [1.82, 2.24) is 10.2 Å². The molecular weight excluding hydrogens is 220 g/mol. The lowest BCUT2D eigenvalue weighted by molar-refractivity contribution is 0.0802. The summed E-state index contributed by atoms with van der Waals surface area (Å²) >= 11 is 0. The zero-order valence-electron chi connectivity index (χ0n) is 13.4. The maximum atomic E-state index is 3.75. The van der Waals surface area contributed by atoms with E-state index in [9.17, 15) is 0 Å². The Labute approximate surface area is 115 Å². The lowest BCUT2D eigenvalue weighted by Gasteiger charge is -2.43. The standard InChI is InChI=1S/C16H34N2/c1-7-10-17-15(16(4,5)6)12-18-11-8-9-13(2)14(18)3/h13-15,17H,7-12H2,1-6H3. The van der Waals surface area contributed by atoms with Crippen molar-refractivity contribution < 1.29 is 0 Å². The van der Waals surface area contributed by atoms with Gasteiger partial charge in [-0.1, -0.05) is 34.6 Å². The van der Waals surface area contributed by atoms with Crippen LogP contribution in [0.3, 0.4) is 0 Å². The van der Waals surface area contributed by atoms with Crippen LogP contribution < -0.4 is 5.32 Å². The molecule has 0 saturated carbocycles. The molecule has 0 aromatic heterocycles. The summed E-state index contributed by atoms with van der Waals surface area (Å²) in [6, 6.07) is 1.34. The van der Waals surface area contributed by atoms with Gasteiger partial charge >= 0.3 is 0 Å². The highest BCUT2D eigenvalue weighted by Gasteiger charge is 2.31. The highest BCUT2D eigenvalue weighted by Crippen LogP contribution is 2.26. The quantitative estimate of drug-likeness (QED) is 0.807. The molecule has 1 heterocycles. The first-order chi connectivity index (χ1) is 8.36. The summed E-state index contributed by atoms with van der Waals surface area (Å²) in [4.78, 5) is 2.70. The SMILES string of the molecule is CCCNC(CN1CCCC(C)C1C)C(C)(C)C. The van der Waals surface area contributed by atoms with E-state index in [1.165, 1.54) is 32.4 Å². The summed E-state index contributed by atoms with van der Waals surface area (Å²) in [6.45, 7) is 17.8. The molecule has 1 aliphatic rings.